The van der Waals surface area contributed by atoms with E-state index in [-0.39, 0.29) is 17.5 Å². The minimum absolute atomic E-state index is 0.143. The lowest BCUT2D eigenvalue weighted by molar-refractivity contribution is 0.0922. The average Bonchev–Trinajstić information content (AvgIpc) is 2.16. The van der Waals surface area contributed by atoms with Crippen molar-refractivity contribution in [2.24, 2.45) is 0 Å². The molecule has 0 heterocycles. The lowest BCUT2D eigenvalue weighted by Crippen LogP contribution is -2.34. The lowest BCUT2D eigenvalue weighted by atomic mass is 10.1. The molecular formula is C12H16FNO2. The van der Waals surface area contributed by atoms with Crippen LogP contribution in [0.1, 0.15) is 30.6 Å². The number of hydrogen-bond acceptors (Lipinski definition) is 2. The van der Waals surface area contributed by atoms with Gasteiger partial charge in [0.2, 0.25) is 0 Å². The number of halogens is 1. The van der Waals surface area contributed by atoms with E-state index in [0.29, 0.717) is 6.42 Å². The van der Waals surface area contributed by atoms with Crippen LogP contribution in [-0.4, -0.2) is 23.2 Å². The van der Waals surface area contributed by atoms with E-state index in [0.717, 1.165) is 0 Å². The third-order valence-corrected chi connectivity index (χ3v) is 2.16. The molecule has 0 aromatic heterocycles. The predicted molar refractivity (Wildman–Crippen MR) is 59.6 cm³/mol. The van der Waals surface area contributed by atoms with Crippen molar-refractivity contribution in [2.45, 2.75) is 32.4 Å². The molecule has 1 amide bonds. The molecule has 2 atom stereocenters. The minimum Gasteiger partial charge on any atom is -0.393 e. The van der Waals surface area contributed by atoms with Crippen molar-refractivity contribution in [2.75, 3.05) is 0 Å². The number of benzene rings is 1. The van der Waals surface area contributed by atoms with Crippen LogP contribution in [0.4, 0.5) is 4.39 Å². The number of amides is 1. The van der Waals surface area contributed by atoms with Gasteiger partial charge in [0.15, 0.2) is 0 Å². The summed E-state index contributed by atoms with van der Waals surface area (Å²) >= 11 is 0. The van der Waals surface area contributed by atoms with Crippen LogP contribution in [0.25, 0.3) is 0 Å². The van der Waals surface area contributed by atoms with Crippen LogP contribution in [0, 0.1) is 5.82 Å². The summed E-state index contributed by atoms with van der Waals surface area (Å²) in [6.45, 7) is 3.45. The van der Waals surface area contributed by atoms with Crippen molar-refractivity contribution in [1.82, 2.24) is 5.32 Å². The number of aliphatic hydroxyl groups is 1. The van der Waals surface area contributed by atoms with Crippen LogP contribution in [0.15, 0.2) is 24.3 Å². The van der Waals surface area contributed by atoms with E-state index >= 15 is 0 Å². The van der Waals surface area contributed by atoms with E-state index in [4.69, 9.17) is 5.11 Å². The number of nitrogens with one attached hydrogen (secondary N) is 1. The van der Waals surface area contributed by atoms with E-state index < -0.39 is 11.9 Å². The summed E-state index contributed by atoms with van der Waals surface area (Å²) < 4.78 is 12.9. The van der Waals surface area contributed by atoms with Crippen molar-refractivity contribution < 1.29 is 14.3 Å². The van der Waals surface area contributed by atoms with Crippen LogP contribution in [0.2, 0.25) is 0 Å². The van der Waals surface area contributed by atoms with Gasteiger partial charge in [0, 0.05) is 11.6 Å². The molecule has 0 bridgehead atoms. The summed E-state index contributed by atoms with van der Waals surface area (Å²) in [6.07, 6.45) is 0.00365. The SMILES string of the molecule is CC(O)CC(C)NC(=O)c1cccc(F)c1. The number of carbonyl (C=O) groups is 1. The van der Waals surface area contributed by atoms with Gasteiger partial charge in [-0.3, -0.25) is 4.79 Å². The van der Waals surface area contributed by atoms with E-state index in [1.807, 2.05) is 0 Å². The largest absolute Gasteiger partial charge is 0.393 e. The molecule has 0 aliphatic heterocycles. The molecule has 16 heavy (non-hydrogen) atoms. The molecule has 1 rings (SSSR count). The molecule has 0 fully saturated rings. The maximum atomic E-state index is 12.9. The Balaban J connectivity index is 2.59. The smallest absolute Gasteiger partial charge is 0.251 e. The molecule has 88 valence electrons. The fourth-order valence-corrected chi connectivity index (χ4v) is 1.51. The topological polar surface area (TPSA) is 49.3 Å². The zero-order valence-electron chi connectivity index (χ0n) is 9.40. The molecule has 0 spiro atoms. The molecule has 0 radical (unpaired) electrons. The second kappa shape index (κ2) is 5.61. The predicted octanol–water partition coefficient (Wildman–Crippen LogP) is 1.71. The summed E-state index contributed by atoms with van der Waals surface area (Å²) in [7, 11) is 0. The number of aliphatic hydroxyl groups excluding tert-OH is 1. The van der Waals surface area contributed by atoms with E-state index in [1.54, 1.807) is 19.9 Å². The lowest BCUT2D eigenvalue weighted by Gasteiger charge is -2.15. The zero-order chi connectivity index (χ0) is 12.1. The van der Waals surface area contributed by atoms with Crippen LogP contribution >= 0.6 is 0 Å². The Labute approximate surface area is 94.3 Å². The highest BCUT2D eigenvalue weighted by molar-refractivity contribution is 5.94. The Bertz CT molecular complexity index is 366. The van der Waals surface area contributed by atoms with Gasteiger partial charge in [-0.25, -0.2) is 4.39 Å². The number of hydrogen-bond donors (Lipinski definition) is 2. The van der Waals surface area contributed by atoms with Crippen molar-refractivity contribution in [3.8, 4) is 0 Å². The van der Waals surface area contributed by atoms with Gasteiger partial charge in [0.05, 0.1) is 6.10 Å². The third-order valence-electron chi connectivity index (χ3n) is 2.16. The molecule has 2 unspecified atom stereocenters. The molecule has 0 saturated carbocycles. The fraction of sp³-hybridized carbons (Fsp3) is 0.417. The Morgan fingerprint density at radius 1 is 1.50 bits per heavy atom. The standard InChI is InChI=1S/C12H16FNO2/c1-8(6-9(2)15)14-12(16)10-4-3-5-11(13)7-10/h3-5,7-9,15H,6H2,1-2H3,(H,14,16). The van der Waals surface area contributed by atoms with Crippen LogP contribution in [0.5, 0.6) is 0 Å². The maximum absolute atomic E-state index is 12.9. The molecule has 0 aliphatic rings. The number of carbonyl (C=O) groups excluding carboxylic acids is 1. The molecule has 4 heteroatoms. The summed E-state index contributed by atoms with van der Waals surface area (Å²) in [5.41, 5.74) is 0.289. The molecule has 1 aromatic carbocycles. The Morgan fingerprint density at radius 2 is 2.19 bits per heavy atom. The summed E-state index contributed by atoms with van der Waals surface area (Å²) in [4.78, 5) is 11.6. The van der Waals surface area contributed by atoms with Gasteiger partial charge < -0.3 is 10.4 Å². The minimum atomic E-state index is -0.470. The molecule has 3 nitrogen and oxygen atoms in total. The van der Waals surface area contributed by atoms with Gasteiger partial charge in [0.1, 0.15) is 5.82 Å². The first-order valence-corrected chi connectivity index (χ1v) is 5.23. The Kier molecular flexibility index (Phi) is 4.43. The first kappa shape index (κ1) is 12.6. The third kappa shape index (κ3) is 3.98. The normalized spacial score (nSPS) is 14.2. The van der Waals surface area contributed by atoms with E-state index in [9.17, 15) is 9.18 Å². The zero-order valence-corrected chi connectivity index (χ0v) is 9.40. The Hall–Kier alpha value is -1.42. The highest BCUT2D eigenvalue weighted by Crippen LogP contribution is 2.05. The second-order valence-electron chi connectivity index (χ2n) is 3.97. The summed E-state index contributed by atoms with van der Waals surface area (Å²) in [6, 6.07) is 5.37. The van der Waals surface area contributed by atoms with Gasteiger partial charge in [-0.15, -0.1) is 0 Å². The molecule has 0 saturated heterocycles. The van der Waals surface area contributed by atoms with Crippen molar-refractivity contribution in [3.63, 3.8) is 0 Å². The van der Waals surface area contributed by atoms with Crippen LogP contribution in [-0.2, 0) is 0 Å². The van der Waals surface area contributed by atoms with Crippen molar-refractivity contribution in [1.29, 1.82) is 0 Å². The van der Waals surface area contributed by atoms with E-state index in [2.05, 4.69) is 5.32 Å². The Morgan fingerprint density at radius 3 is 2.75 bits per heavy atom. The molecule has 2 N–H and O–H groups in total. The van der Waals surface area contributed by atoms with Gasteiger partial charge >= 0.3 is 0 Å². The van der Waals surface area contributed by atoms with Gasteiger partial charge in [-0.05, 0) is 38.5 Å². The highest BCUT2D eigenvalue weighted by atomic mass is 19.1. The molecule has 1 aromatic rings. The average molecular weight is 225 g/mol. The van der Waals surface area contributed by atoms with Crippen molar-refractivity contribution in [3.05, 3.63) is 35.6 Å². The van der Waals surface area contributed by atoms with E-state index in [1.165, 1.54) is 18.2 Å². The quantitative estimate of drug-likeness (QED) is 0.819. The number of rotatable bonds is 4. The first-order valence-electron chi connectivity index (χ1n) is 5.23. The summed E-state index contributed by atoms with van der Waals surface area (Å²) in [5.74, 6) is -0.761. The van der Waals surface area contributed by atoms with Gasteiger partial charge in [-0.2, -0.15) is 0 Å². The highest BCUT2D eigenvalue weighted by Gasteiger charge is 2.11. The summed E-state index contributed by atoms with van der Waals surface area (Å²) in [5, 5.41) is 11.8. The second-order valence-corrected chi connectivity index (χ2v) is 3.97. The van der Waals surface area contributed by atoms with Crippen molar-refractivity contribution >= 4 is 5.91 Å². The van der Waals surface area contributed by atoms with Gasteiger partial charge in [0.25, 0.3) is 5.91 Å². The molecule has 0 aliphatic carbocycles. The maximum Gasteiger partial charge on any atom is 0.251 e. The van der Waals surface area contributed by atoms with Gasteiger partial charge in [-0.1, -0.05) is 6.07 Å². The van der Waals surface area contributed by atoms with Crippen LogP contribution < -0.4 is 5.32 Å². The van der Waals surface area contributed by atoms with Crippen LogP contribution in [0.3, 0.4) is 0 Å². The first-order chi connectivity index (χ1) is 7.49. The fourth-order valence-electron chi connectivity index (χ4n) is 1.51. The monoisotopic (exact) mass is 225 g/mol. The molecular weight excluding hydrogens is 209 g/mol.